The highest BCUT2D eigenvalue weighted by Gasteiger charge is 2.24. The van der Waals surface area contributed by atoms with Crippen molar-refractivity contribution in [1.29, 1.82) is 0 Å². The van der Waals surface area contributed by atoms with E-state index in [4.69, 9.17) is 8.83 Å². The Hall–Kier alpha value is -3.34. The number of hydrogen-bond donors (Lipinski definition) is 0. The van der Waals surface area contributed by atoms with Gasteiger partial charge in [0.05, 0.1) is 0 Å². The maximum absolute atomic E-state index is 6.64. The van der Waals surface area contributed by atoms with Crippen molar-refractivity contribution in [1.82, 2.24) is 0 Å². The van der Waals surface area contributed by atoms with Crippen LogP contribution in [0.5, 0.6) is 0 Å². The lowest BCUT2D eigenvalue weighted by molar-refractivity contribution is 0.668. The second-order valence-electron chi connectivity index (χ2n) is 8.71. The lowest BCUT2D eigenvalue weighted by Gasteiger charge is -2.05. The third-order valence-corrected chi connectivity index (χ3v) is 8.27. The van der Waals surface area contributed by atoms with Gasteiger partial charge in [-0.2, -0.15) is 0 Å². The molecule has 0 aliphatic carbocycles. The molecule has 0 saturated carbocycles. The third kappa shape index (κ3) is 2.30. The number of benzene rings is 6. The van der Waals surface area contributed by atoms with E-state index in [1.54, 1.807) is 0 Å². The van der Waals surface area contributed by atoms with Gasteiger partial charge in [0.25, 0.3) is 0 Å². The van der Waals surface area contributed by atoms with E-state index in [-0.39, 0.29) is 0 Å². The molecule has 0 unspecified atom stereocenters. The van der Waals surface area contributed by atoms with Crippen LogP contribution in [0.4, 0.5) is 0 Å². The Balaban J connectivity index is 1.81. The molecule has 8 rings (SSSR count). The Kier molecular flexibility index (Phi) is 3.70. The zero-order chi connectivity index (χ0) is 22.6. The summed E-state index contributed by atoms with van der Waals surface area (Å²) in [5.74, 6) is 0. The first-order valence-corrected chi connectivity index (χ1v) is 12.7. The third-order valence-electron chi connectivity index (χ3n) is 6.96. The largest absolute Gasteiger partial charge is 0.455 e. The Bertz CT molecular complexity index is 1990. The van der Waals surface area contributed by atoms with Gasteiger partial charge in [-0.1, -0.05) is 105 Å². The lowest BCUT2D eigenvalue weighted by atomic mass is 9.95. The molecular weight excluding hydrogens is 552 g/mol. The summed E-state index contributed by atoms with van der Waals surface area (Å²) in [4.78, 5) is 0. The first-order chi connectivity index (χ1) is 16.7. The van der Waals surface area contributed by atoms with Crippen LogP contribution in [0.15, 0.2) is 103 Å². The van der Waals surface area contributed by atoms with Crippen molar-refractivity contribution in [2.75, 3.05) is 0 Å². The van der Waals surface area contributed by atoms with Gasteiger partial charge < -0.3 is 8.83 Å². The van der Waals surface area contributed by atoms with Crippen molar-refractivity contribution in [2.24, 2.45) is 0 Å². The van der Waals surface area contributed by atoms with Crippen molar-refractivity contribution in [2.45, 2.75) is 0 Å². The highest BCUT2D eigenvalue weighted by atomic mass is 79.9. The second kappa shape index (κ2) is 6.62. The smallest absolute Gasteiger partial charge is 0.144 e. The summed E-state index contributed by atoms with van der Waals surface area (Å²) in [5, 5.41) is 11.2. The molecule has 4 heteroatoms. The summed E-state index contributed by atoms with van der Waals surface area (Å²) in [5.41, 5.74) is 3.54. The van der Waals surface area contributed by atoms with Crippen LogP contribution in [-0.2, 0) is 0 Å². The van der Waals surface area contributed by atoms with Crippen LogP contribution in [0.1, 0.15) is 0 Å². The van der Waals surface area contributed by atoms with Gasteiger partial charge in [0, 0.05) is 41.3 Å². The average Bonchev–Trinajstić information content (AvgIpc) is 3.43. The summed E-state index contributed by atoms with van der Waals surface area (Å²) in [6.45, 7) is 0. The molecule has 160 valence electrons. The Morgan fingerprint density at radius 3 is 1.18 bits per heavy atom. The van der Waals surface area contributed by atoms with E-state index in [0.717, 1.165) is 74.4 Å². The minimum absolute atomic E-state index is 0.869. The van der Waals surface area contributed by atoms with E-state index in [2.05, 4.69) is 117 Å². The molecule has 0 spiro atoms. The van der Waals surface area contributed by atoms with Gasteiger partial charge in [0.1, 0.15) is 22.3 Å². The molecule has 0 fully saturated rings. The van der Waals surface area contributed by atoms with Gasteiger partial charge >= 0.3 is 0 Å². The van der Waals surface area contributed by atoms with Crippen LogP contribution >= 0.6 is 31.9 Å². The molecule has 0 saturated heterocycles. The van der Waals surface area contributed by atoms with Crippen molar-refractivity contribution < 1.29 is 8.83 Å². The van der Waals surface area contributed by atoms with E-state index in [9.17, 15) is 0 Å². The molecular formula is C30H14Br2O2. The van der Waals surface area contributed by atoms with E-state index >= 15 is 0 Å². The Morgan fingerprint density at radius 2 is 0.765 bits per heavy atom. The SMILES string of the molecule is Brc1cc2oc3c4ccccc4c4oc5cc(Br)c6ccccc6c5c4c3c2c2ccccc12. The van der Waals surface area contributed by atoms with E-state index < -0.39 is 0 Å². The van der Waals surface area contributed by atoms with Crippen LogP contribution in [0.25, 0.3) is 76.2 Å². The molecule has 0 radical (unpaired) electrons. The van der Waals surface area contributed by atoms with E-state index in [1.807, 2.05) is 0 Å². The standard InChI is InChI=1S/C30H14Br2O2/c31-21-13-23-25(17-9-3-1-7-15(17)21)27-28-26-18-10-4-2-8-16(18)22(32)14-24(26)34-30(28)20-12-6-5-11-19(20)29(27)33-23/h1-14H. The van der Waals surface area contributed by atoms with Crippen molar-refractivity contribution in [3.05, 3.63) is 93.9 Å². The van der Waals surface area contributed by atoms with Crippen LogP contribution in [0.3, 0.4) is 0 Å². The summed E-state index contributed by atoms with van der Waals surface area (Å²) >= 11 is 7.53. The molecule has 0 N–H and O–H groups in total. The first-order valence-electron chi connectivity index (χ1n) is 11.1. The van der Waals surface area contributed by atoms with Crippen molar-refractivity contribution >= 4 is 108 Å². The minimum atomic E-state index is 0.869. The fraction of sp³-hybridized carbons (Fsp3) is 0. The maximum atomic E-state index is 6.64. The molecule has 6 aromatic carbocycles. The number of rotatable bonds is 0. The topological polar surface area (TPSA) is 26.3 Å². The van der Waals surface area contributed by atoms with Gasteiger partial charge in [-0.25, -0.2) is 0 Å². The first kappa shape index (κ1) is 19.0. The number of furan rings is 2. The molecule has 34 heavy (non-hydrogen) atoms. The van der Waals surface area contributed by atoms with Crippen LogP contribution in [-0.4, -0.2) is 0 Å². The fourth-order valence-electron chi connectivity index (χ4n) is 5.58. The molecule has 2 aromatic heterocycles. The van der Waals surface area contributed by atoms with Gasteiger partial charge in [-0.3, -0.25) is 0 Å². The average molecular weight is 566 g/mol. The zero-order valence-corrected chi connectivity index (χ0v) is 20.8. The van der Waals surface area contributed by atoms with Crippen LogP contribution in [0.2, 0.25) is 0 Å². The molecule has 0 aliphatic heterocycles. The predicted octanol–water partition coefficient (Wildman–Crippen LogP) is 10.5. The number of hydrogen-bond acceptors (Lipinski definition) is 2. The molecule has 2 heterocycles. The number of halogens is 2. The normalized spacial score (nSPS) is 12.4. The second-order valence-corrected chi connectivity index (χ2v) is 10.4. The Morgan fingerprint density at radius 1 is 0.412 bits per heavy atom. The van der Waals surface area contributed by atoms with Crippen LogP contribution in [0, 0.1) is 0 Å². The summed E-state index contributed by atoms with van der Waals surface area (Å²) in [6, 6.07) is 29.5. The fourth-order valence-corrected chi connectivity index (χ4v) is 6.68. The molecule has 0 amide bonds. The molecule has 0 atom stereocenters. The molecule has 0 aliphatic rings. The quantitative estimate of drug-likeness (QED) is 0.183. The number of fused-ring (bicyclic) bond motifs is 14. The van der Waals surface area contributed by atoms with Gasteiger partial charge in [-0.05, 0) is 33.7 Å². The highest BCUT2D eigenvalue weighted by Crippen LogP contribution is 2.49. The van der Waals surface area contributed by atoms with Gasteiger partial charge in [-0.15, -0.1) is 0 Å². The minimum Gasteiger partial charge on any atom is -0.455 e. The van der Waals surface area contributed by atoms with E-state index in [1.165, 1.54) is 10.8 Å². The summed E-state index contributed by atoms with van der Waals surface area (Å²) in [7, 11) is 0. The van der Waals surface area contributed by atoms with Gasteiger partial charge in [0.2, 0.25) is 0 Å². The Labute approximate surface area is 210 Å². The van der Waals surface area contributed by atoms with Crippen molar-refractivity contribution in [3.8, 4) is 0 Å². The van der Waals surface area contributed by atoms with Crippen molar-refractivity contribution in [3.63, 3.8) is 0 Å². The van der Waals surface area contributed by atoms with Gasteiger partial charge in [0.15, 0.2) is 0 Å². The predicted molar refractivity (Wildman–Crippen MR) is 149 cm³/mol. The van der Waals surface area contributed by atoms with E-state index in [0.29, 0.717) is 0 Å². The lowest BCUT2D eigenvalue weighted by Crippen LogP contribution is -1.80. The summed E-state index contributed by atoms with van der Waals surface area (Å²) < 4.78 is 15.3. The van der Waals surface area contributed by atoms with Crippen LogP contribution < -0.4 is 0 Å². The molecule has 0 bridgehead atoms. The zero-order valence-electron chi connectivity index (χ0n) is 17.7. The maximum Gasteiger partial charge on any atom is 0.144 e. The summed E-state index contributed by atoms with van der Waals surface area (Å²) in [6.07, 6.45) is 0. The monoisotopic (exact) mass is 564 g/mol. The molecule has 2 nitrogen and oxygen atoms in total. The highest BCUT2D eigenvalue weighted by molar-refractivity contribution is 9.11. The molecule has 8 aromatic rings.